The molecule has 3 nitrogen and oxygen atoms in total. The summed E-state index contributed by atoms with van der Waals surface area (Å²) >= 11 is 0. The van der Waals surface area contributed by atoms with Gasteiger partial charge in [0.15, 0.2) is 0 Å². The van der Waals surface area contributed by atoms with Gasteiger partial charge < -0.3 is 0 Å². The molecule has 0 aliphatic carbocycles. The van der Waals surface area contributed by atoms with E-state index >= 15 is 0 Å². The van der Waals surface area contributed by atoms with Gasteiger partial charge in [0.05, 0.1) is 12.2 Å². The topological polar surface area (TPSA) is 35.5 Å². The van der Waals surface area contributed by atoms with Crippen LogP contribution in [0, 0.1) is 11.6 Å². The van der Waals surface area contributed by atoms with Crippen molar-refractivity contribution in [3.8, 4) is 11.6 Å². The second-order valence-electron chi connectivity index (χ2n) is 3.82. The fourth-order valence-corrected chi connectivity index (χ4v) is 2.39. The van der Waals surface area contributed by atoms with E-state index < -0.39 is 7.60 Å². The molecule has 0 saturated heterocycles. The van der Waals surface area contributed by atoms with Crippen molar-refractivity contribution in [2.45, 2.75) is 46.8 Å². The highest BCUT2D eigenvalue weighted by molar-refractivity contribution is 7.59. The summed E-state index contributed by atoms with van der Waals surface area (Å²) < 4.78 is 22.5. The first-order chi connectivity index (χ1) is 6.75. The van der Waals surface area contributed by atoms with E-state index in [-0.39, 0.29) is 12.2 Å². The molecule has 0 bridgehead atoms. The summed E-state index contributed by atoms with van der Waals surface area (Å²) in [6.45, 7) is 12.5. The molecule has 0 N–H and O–H groups in total. The first kappa shape index (κ1) is 14.5. The van der Waals surface area contributed by atoms with Crippen LogP contribution in [-0.4, -0.2) is 12.2 Å². The van der Waals surface area contributed by atoms with Crippen molar-refractivity contribution in [3.63, 3.8) is 0 Å². The molecule has 0 heterocycles. The Labute approximate surface area is 92.4 Å². The van der Waals surface area contributed by atoms with Gasteiger partial charge in [-0.3, -0.25) is 9.05 Å². The molecular formula is C11H19O3P. The second kappa shape index (κ2) is 6.12. The normalized spacial score (nSPS) is 11.4. The third-order valence-corrected chi connectivity index (χ3v) is 2.89. The molecule has 0 aromatic carbocycles. The summed E-state index contributed by atoms with van der Waals surface area (Å²) in [4.78, 5) is 0. The fourth-order valence-electron chi connectivity index (χ4n) is 0.797. The molecule has 0 aromatic rings. The molecule has 0 aliphatic heterocycles. The van der Waals surface area contributed by atoms with E-state index in [0.717, 1.165) is 0 Å². The lowest BCUT2D eigenvalue weighted by atomic mass is 10.4. The van der Waals surface area contributed by atoms with E-state index in [0.29, 0.717) is 5.57 Å². The van der Waals surface area contributed by atoms with Crippen molar-refractivity contribution in [2.24, 2.45) is 0 Å². The first-order valence-electron chi connectivity index (χ1n) is 4.91. The van der Waals surface area contributed by atoms with Gasteiger partial charge in [0.2, 0.25) is 0 Å². The summed E-state index contributed by atoms with van der Waals surface area (Å²) in [5.74, 6) is 2.64. The maximum atomic E-state index is 12.1. The lowest BCUT2D eigenvalue weighted by Crippen LogP contribution is -2.06. The quantitative estimate of drug-likeness (QED) is 0.547. The van der Waals surface area contributed by atoms with E-state index in [1.807, 2.05) is 0 Å². The van der Waals surface area contributed by atoms with Gasteiger partial charge in [0, 0.05) is 5.66 Å². The highest BCUT2D eigenvalue weighted by atomic mass is 31.2. The van der Waals surface area contributed by atoms with Crippen LogP contribution in [0.3, 0.4) is 0 Å². The van der Waals surface area contributed by atoms with Crippen molar-refractivity contribution in [2.75, 3.05) is 0 Å². The molecule has 0 aromatic heterocycles. The largest absolute Gasteiger partial charge is 0.406 e. The monoisotopic (exact) mass is 230 g/mol. The molecule has 0 aliphatic rings. The molecule has 86 valence electrons. The van der Waals surface area contributed by atoms with Crippen LogP contribution in [-0.2, 0) is 13.6 Å². The molecule has 0 amide bonds. The number of allylic oxidation sites excluding steroid dienone is 1. The van der Waals surface area contributed by atoms with Gasteiger partial charge in [-0.15, -0.1) is 0 Å². The first-order valence-corrected chi connectivity index (χ1v) is 6.45. The summed E-state index contributed by atoms with van der Waals surface area (Å²) in [6, 6.07) is 0. The zero-order valence-electron chi connectivity index (χ0n) is 10.0. The number of hydrogen-bond donors (Lipinski definition) is 0. The van der Waals surface area contributed by atoms with Gasteiger partial charge in [0.25, 0.3) is 0 Å². The predicted molar refractivity (Wildman–Crippen MR) is 62.6 cm³/mol. The Kier molecular flexibility index (Phi) is 5.90. The van der Waals surface area contributed by atoms with Crippen molar-refractivity contribution >= 4 is 7.60 Å². The van der Waals surface area contributed by atoms with Crippen LogP contribution in [0.2, 0.25) is 0 Å². The average Bonchev–Trinajstić information content (AvgIpc) is 1.97. The van der Waals surface area contributed by atoms with E-state index in [1.165, 1.54) is 0 Å². The standard InChI is InChI=1S/C11H19O3P/c1-9(2)7-8-15(12,13-10(3)4)14-11(5)6/h10-11H,1H2,2-6H3. The van der Waals surface area contributed by atoms with Crippen LogP contribution in [0.1, 0.15) is 34.6 Å². The van der Waals surface area contributed by atoms with Crippen LogP contribution in [0.25, 0.3) is 0 Å². The van der Waals surface area contributed by atoms with Gasteiger partial charge in [-0.05, 0) is 40.2 Å². The molecule has 0 saturated carbocycles. The van der Waals surface area contributed by atoms with Crippen LogP contribution in [0.4, 0.5) is 0 Å². The van der Waals surface area contributed by atoms with E-state index in [4.69, 9.17) is 9.05 Å². The smallest absolute Gasteiger partial charge is 0.297 e. The summed E-state index contributed by atoms with van der Waals surface area (Å²) in [6.07, 6.45) is -0.372. The van der Waals surface area contributed by atoms with E-state index in [1.54, 1.807) is 34.6 Å². The van der Waals surface area contributed by atoms with Crippen LogP contribution in [0.15, 0.2) is 12.2 Å². The fraction of sp³-hybridized carbons (Fsp3) is 0.636. The Morgan fingerprint density at radius 3 is 1.87 bits per heavy atom. The maximum absolute atomic E-state index is 12.1. The lowest BCUT2D eigenvalue weighted by Gasteiger charge is -2.17. The second-order valence-corrected chi connectivity index (χ2v) is 5.46. The number of hydrogen-bond acceptors (Lipinski definition) is 3. The van der Waals surface area contributed by atoms with Crippen LogP contribution in [0.5, 0.6) is 0 Å². The minimum atomic E-state index is -3.31. The van der Waals surface area contributed by atoms with Crippen molar-refractivity contribution < 1.29 is 13.6 Å². The van der Waals surface area contributed by atoms with Crippen molar-refractivity contribution in [1.29, 1.82) is 0 Å². The van der Waals surface area contributed by atoms with E-state index in [9.17, 15) is 4.57 Å². The van der Waals surface area contributed by atoms with Gasteiger partial charge in [-0.25, -0.2) is 4.57 Å². The lowest BCUT2D eigenvalue weighted by molar-refractivity contribution is 0.151. The van der Waals surface area contributed by atoms with Crippen LogP contribution >= 0.6 is 7.60 Å². The summed E-state index contributed by atoms with van der Waals surface area (Å²) in [5, 5.41) is 0. The van der Waals surface area contributed by atoms with Gasteiger partial charge in [-0.1, -0.05) is 12.5 Å². The van der Waals surface area contributed by atoms with E-state index in [2.05, 4.69) is 18.2 Å². The molecule has 0 spiro atoms. The third-order valence-electron chi connectivity index (χ3n) is 1.11. The Morgan fingerprint density at radius 1 is 1.20 bits per heavy atom. The minimum absolute atomic E-state index is 0.186. The Balaban J connectivity index is 4.80. The van der Waals surface area contributed by atoms with Crippen molar-refractivity contribution in [3.05, 3.63) is 12.2 Å². The minimum Gasteiger partial charge on any atom is -0.297 e. The van der Waals surface area contributed by atoms with Crippen molar-refractivity contribution in [1.82, 2.24) is 0 Å². The Morgan fingerprint density at radius 2 is 1.60 bits per heavy atom. The van der Waals surface area contributed by atoms with Crippen LogP contribution < -0.4 is 0 Å². The molecular weight excluding hydrogens is 211 g/mol. The molecule has 0 radical (unpaired) electrons. The zero-order valence-corrected chi connectivity index (χ0v) is 10.9. The average molecular weight is 230 g/mol. The highest BCUT2D eigenvalue weighted by Gasteiger charge is 2.24. The zero-order chi connectivity index (χ0) is 12.1. The maximum Gasteiger partial charge on any atom is 0.406 e. The summed E-state index contributed by atoms with van der Waals surface area (Å²) in [5.41, 5.74) is 3.15. The molecule has 15 heavy (non-hydrogen) atoms. The predicted octanol–water partition coefficient (Wildman–Crippen LogP) is 3.57. The third kappa shape index (κ3) is 7.39. The van der Waals surface area contributed by atoms with Gasteiger partial charge in [-0.2, -0.15) is 0 Å². The Hall–Kier alpha value is -0.550. The molecule has 0 fully saturated rings. The molecule has 0 rings (SSSR count). The molecule has 0 atom stereocenters. The van der Waals surface area contributed by atoms with Gasteiger partial charge in [0.1, 0.15) is 0 Å². The van der Waals surface area contributed by atoms with Gasteiger partial charge >= 0.3 is 7.60 Å². The number of rotatable bonds is 4. The molecule has 0 unspecified atom stereocenters. The Bertz CT molecular complexity index is 306. The SMILES string of the molecule is C=C(C)C#CP(=O)(OC(C)C)OC(C)C. The molecule has 4 heteroatoms. The highest BCUT2D eigenvalue weighted by Crippen LogP contribution is 2.49. The summed E-state index contributed by atoms with van der Waals surface area (Å²) in [7, 11) is -3.31.